The molecule has 0 bridgehead atoms. The SMILES string of the molecule is CCC[CH2][Sn]([CH2]CCC)([CH2]CCC)[c]1ccc(C)cc1I. The van der Waals surface area contributed by atoms with Crippen molar-refractivity contribution >= 4 is 44.5 Å². The standard InChI is InChI=1S/C7H6I.3C4H9.Sn/c1-6-3-2-4-7(8)5-6;3*1-3-4-2;/h2-3,5H,1H3;3*1,3-4H2,2H3;. The zero-order valence-electron chi connectivity index (χ0n) is 14.5. The fourth-order valence-electron chi connectivity index (χ4n) is 3.37. The van der Waals surface area contributed by atoms with Crippen LogP contribution in [0.2, 0.25) is 13.3 Å². The van der Waals surface area contributed by atoms with Crippen molar-refractivity contribution in [1.29, 1.82) is 0 Å². The van der Waals surface area contributed by atoms with Crippen molar-refractivity contribution in [3.8, 4) is 0 Å². The second-order valence-corrected chi connectivity index (χ2v) is 20.9. The molecular formula is C19H33ISn. The molecule has 0 spiro atoms. The molecule has 0 unspecified atom stereocenters. The van der Waals surface area contributed by atoms with Crippen molar-refractivity contribution in [3.05, 3.63) is 27.3 Å². The number of hydrogen-bond acceptors (Lipinski definition) is 0. The van der Waals surface area contributed by atoms with Gasteiger partial charge in [-0.05, 0) is 0 Å². The Morgan fingerprint density at radius 3 is 1.71 bits per heavy atom. The molecule has 0 aliphatic carbocycles. The van der Waals surface area contributed by atoms with Gasteiger partial charge in [0.25, 0.3) is 0 Å². The van der Waals surface area contributed by atoms with Crippen LogP contribution in [0, 0.1) is 10.5 Å². The Kier molecular flexibility index (Phi) is 9.91. The predicted molar refractivity (Wildman–Crippen MR) is 108 cm³/mol. The third-order valence-corrected chi connectivity index (χ3v) is 22.8. The Morgan fingerprint density at radius 1 is 0.857 bits per heavy atom. The average molecular weight is 507 g/mol. The van der Waals surface area contributed by atoms with Gasteiger partial charge in [-0.3, -0.25) is 0 Å². The molecule has 0 aromatic heterocycles. The molecule has 0 saturated carbocycles. The summed E-state index contributed by atoms with van der Waals surface area (Å²) in [7, 11) is 0. The van der Waals surface area contributed by atoms with E-state index in [1.54, 1.807) is 16.9 Å². The van der Waals surface area contributed by atoms with E-state index in [0.717, 1.165) is 0 Å². The molecule has 2 heteroatoms. The minimum absolute atomic E-state index is 1.36. The summed E-state index contributed by atoms with van der Waals surface area (Å²) in [6, 6.07) is 7.31. The predicted octanol–water partition coefficient (Wildman–Crippen LogP) is 6.66. The molecule has 0 atom stereocenters. The molecule has 0 aliphatic rings. The van der Waals surface area contributed by atoms with E-state index < -0.39 is 18.4 Å². The summed E-state index contributed by atoms with van der Waals surface area (Å²) in [5, 5.41) is 0. The third-order valence-electron chi connectivity index (χ3n) is 4.72. The van der Waals surface area contributed by atoms with Crippen LogP contribution < -0.4 is 3.58 Å². The van der Waals surface area contributed by atoms with Gasteiger partial charge < -0.3 is 0 Å². The molecule has 0 N–H and O–H groups in total. The summed E-state index contributed by atoms with van der Waals surface area (Å²) >= 11 is 0.422. The molecule has 0 amide bonds. The molecule has 0 saturated heterocycles. The molecule has 1 aromatic carbocycles. The zero-order chi connectivity index (χ0) is 15.7. The molecule has 0 radical (unpaired) electrons. The summed E-state index contributed by atoms with van der Waals surface area (Å²) in [6.45, 7) is 9.30. The number of aryl methyl sites for hydroxylation is 1. The van der Waals surface area contributed by atoms with Gasteiger partial charge in [-0.2, -0.15) is 0 Å². The van der Waals surface area contributed by atoms with E-state index in [4.69, 9.17) is 0 Å². The van der Waals surface area contributed by atoms with E-state index in [1.807, 2.05) is 3.58 Å². The Labute approximate surface area is 150 Å². The van der Waals surface area contributed by atoms with Gasteiger partial charge in [0.2, 0.25) is 0 Å². The maximum atomic E-state index is 2.62. The number of benzene rings is 1. The van der Waals surface area contributed by atoms with Gasteiger partial charge in [0, 0.05) is 0 Å². The fraction of sp³-hybridized carbons (Fsp3) is 0.684. The van der Waals surface area contributed by atoms with Crippen LogP contribution in [0.15, 0.2) is 18.2 Å². The maximum absolute atomic E-state index is 2.62. The summed E-state index contributed by atoms with van der Waals surface area (Å²) in [6.07, 6.45) is 8.44. The number of unbranched alkanes of at least 4 members (excludes halogenated alkanes) is 3. The Balaban J connectivity index is 3.15. The quantitative estimate of drug-likeness (QED) is 0.246. The van der Waals surface area contributed by atoms with Gasteiger partial charge >= 0.3 is 151 Å². The van der Waals surface area contributed by atoms with E-state index in [2.05, 4.69) is 68.5 Å². The first kappa shape index (κ1) is 19.8. The molecule has 120 valence electrons. The Bertz CT molecular complexity index is 392. The van der Waals surface area contributed by atoms with Gasteiger partial charge in [0.15, 0.2) is 0 Å². The van der Waals surface area contributed by atoms with Gasteiger partial charge in [-0.25, -0.2) is 0 Å². The van der Waals surface area contributed by atoms with Crippen LogP contribution in [-0.2, 0) is 0 Å². The first-order valence-corrected chi connectivity index (χ1v) is 17.4. The van der Waals surface area contributed by atoms with E-state index in [-0.39, 0.29) is 0 Å². The summed E-state index contributed by atoms with van der Waals surface area (Å²) < 4.78 is 8.14. The van der Waals surface area contributed by atoms with E-state index in [1.165, 1.54) is 44.1 Å². The summed E-state index contributed by atoms with van der Waals surface area (Å²) in [5.41, 5.74) is 1.42. The van der Waals surface area contributed by atoms with Crippen molar-refractivity contribution in [2.75, 3.05) is 0 Å². The van der Waals surface area contributed by atoms with Crippen LogP contribution in [0.3, 0.4) is 0 Å². The van der Waals surface area contributed by atoms with Crippen molar-refractivity contribution in [2.24, 2.45) is 0 Å². The van der Waals surface area contributed by atoms with Gasteiger partial charge in [0.05, 0.1) is 0 Å². The van der Waals surface area contributed by atoms with Crippen LogP contribution in [0.4, 0.5) is 0 Å². The fourth-order valence-corrected chi connectivity index (χ4v) is 24.1. The molecule has 0 nitrogen and oxygen atoms in total. The average Bonchev–Trinajstić information content (AvgIpc) is 2.47. The van der Waals surface area contributed by atoms with Crippen molar-refractivity contribution in [3.63, 3.8) is 0 Å². The van der Waals surface area contributed by atoms with Gasteiger partial charge in [0.1, 0.15) is 0 Å². The van der Waals surface area contributed by atoms with Gasteiger partial charge in [-0.1, -0.05) is 0 Å². The number of hydrogen-bond donors (Lipinski definition) is 0. The molecule has 1 aromatic rings. The summed E-state index contributed by atoms with van der Waals surface area (Å²) in [4.78, 5) is 0. The molecular weight excluding hydrogens is 474 g/mol. The number of halogens is 1. The van der Waals surface area contributed by atoms with E-state index in [0.29, 0.717) is 0 Å². The molecule has 1 rings (SSSR count). The normalized spacial score (nSPS) is 11.9. The molecule has 0 heterocycles. The van der Waals surface area contributed by atoms with E-state index in [9.17, 15) is 0 Å². The van der Waals surface area contributed by atoms with Gasteiger partial charge in [-0.15, -0.1) is 0 Å². The van der Waals surface area contributed by atoms with Crippen molar-refractivity contribution in [2.45, 2.75) is 79.5 Å². The number of rotatable bonds is 10. The molecule has 0 fully saturated rings. The van der Waals surface area contributed by atoms with E-state index >= 15 is 0 Å². The Morgan fingerprint density at radius 2 is 1.33 bits per heavy atom. The molecule has 21 heavy (non-hydrogen) atoms. The Hall–Kier alpha value is 0.749. The zero-order valence-corrected chi connectivity index (χ0v) is 19.5. The van der Waals surface area contributed by atoms with Crippen LogP contribution in [0.5, 0.6) is 0 Å². The molecule has 0 aliphatic heterocycles. The van der Waals surface area contributed by atoms with Crippen molar-refractivity contribution in [1.82, 2.24) is 0 Å². The minimum atomic E-state index is -2.20. The van der Waals surface area contributed by atoms with Crippen molar-refractivity contribution < 1.29 is 0 Å². The second kappa shape index (κ2) is 10.5. The second-order valence-electron chi connectivity index (χ2n) is 6.57. The topological polar surface area (TPSA) is 0 Å². The van der Waals surface area contributed by atoms with Crippen LogP contribution >= 0.6 is 22.6 Å². The first-order valence-electron chi connectivity index (χ1n) is 8.86. The third kappa shape index (κ3) is 6.04. The summed E-state index contributed by atoms with van der Waals surface area (Å²) in [5.74, 6) is 0. The van der Waals surface area contributed by atoms with Crippen LogP contribution in [-0.4, -0.2) is 18.4 Å². The van der Waals surface area contributed by atoms with Crippen LogP contribution in [0.25, 0.3) is 0 Å². The van der Waals surface area contributed by atoms with Crippen LogP contribution in [0.1, 0.15) is 64.9 Å². The monoisotopic (exact) mass is 508 g/mol. The first-order chi connectivity index (χ1) is 10.1.